The maximum Gasteiger partial charge on any atom is 0.246 e. The Morgan fingerprint density at radius 1 is 1.41 bits per heavy atom. The first kappa shape index (κ1) is 17.1. The number of rotatable bonds is 6. The fourth-order valence-electron chi connectivity index (χ4n) is 3.40. The van der Waals surface area contributed by atoms with Crippen LogP contribution in [0.25, 0.3) is 0 Å². The molecular formula is C15H25N3O3S. The average Bonchev–Trinajstić information content (AvgIpc) is 2.97. The molecule has 124 valence electrons. The molecule has 0 bridgehead atoms. The molecule has 6 nitrogen and oxygen atoms in total. The number of primary amides is 1. The Labute approximate surface area is 135 Å². The summed E-state index contributed by atoms with van der Waals surface area (Å²) in [6.45, 7) is 2.67. The molecule has 1 aliphatic carbocycles. The number of amides is 3. The molecule has 2 fully saturated rings. The molecule has 22 heavy (non-hydrogen) atoms. The maximum absolute atomic E-state index is 12.8. The van der Waals surface area contributed by atoms with Gasteiger partial charge in [0.2, 0.25) is 17.7 Å². The number of carbonyl (C=O) groups is 3. The van der Waals surface area contributed by atoms with Crippen LogP contribution in [0.1, 0.15) is 45.4 Å². The molecule has 1 saturated heterocycles. The van der Waals surface area contributed by atoms with Crippen LogP contribution in [0.5, 0.6) is 0 Å². The van der Waals surface area contributed by atoms with Gasteiger partial charge in [-0.15, -0.1) is 11.8 Å². The van der Waals surface area contributed by atoms with Crippen molar-refractivity contribution < 1.29 is 14.4 Å². The smallest absolute Gasteiger partial charge is 0.246 e. The van der Waals surface area contributed by atoms with Gasteiger partial charge in [0.25, 0.3) is 0 Å². The lowest BCUT2D eigenvalue weighted by Crippen LogP contribution is -2.67. The summed E-state index contributed by atoms with van der Waals surface area (Å²) in [6, 6.07) is -0.679. The van der Waals surface area contributed by atoms with E-state index in [4.69, 9.17) is 5.73 Å². The topological polar surface area (TPSA) is 92.5 Å². The summed E-state index contributed by atoms with van der Waals surface area (Å²) >= 11 is 1.41. The van der Waals surface area contributed by atoms with Gasteiger partial charge in [-0.25, -0.2) is 0 Å². The molecule has 0 radical (unpaired) electrons. The molecule has 0 aromatic rings. The van der Waals surface area contributed by atoms with Gasteiger partial charge in [-0.2, -0.15) is 0 Å². The highest BCUT2D eigenvalue weighted by Crippen LogP contribution is 2.39. The second-order valence-electron chi connectivity index (χ2n) is 6.05. The van der Waals surface area contributed by atoms with Crippen LogP contribution in [0.4, 0.5) is 0 Å². The number of hydrogen-bond acceptors (Lipinski definition) is 4. The summed E-state index contributed by atoms with van der Waals surface area (Å²) in [7, 11) is 0. The van der Waals surface area contributed by atoms with Crippen LogP contribution in [0.15, 0.2) is 0 Å². The van der Waals surface area contributed by atoms with Crippen LogP contribution >= 0.6 is 11.8 Å². The predicted molar refractivity (Wildman–Crippen MR) is 86.3 cm³/mol. The number of nitrogens with one attached hydrogen (secondary N) is 1. The van der Waals surface area contributed by atoms with E-state index in [9.17, 15) is 14.4 Å². The number of nitrogens with two attached hydrogens (primary N) is 1. The van der Waals surface area contributed by atoms with Gasteiger partial charge in [0.1, 0.15) is 11.6 Å². The summed E-state index contributed by atoms with van der Waals surface area (Å²) in [5.74, 6) is 0.00414. The van der Waals surface area contributed by atoms with Crippen LogP contribution < -0.4 is 11.1 Å². The molecule has 3 amide bonds. The highest BCUT2D eigenvalue weighted by Gasteiger charge is 2.52. The molecule has 1 aliphatic heterocycles. The minimum atomic E-state index is -0.883. The fraction of sp³-hybridized carbons (Fsp3) is 0.800. The molecule has 0 aromatic carbocycles. The molecule has 0 unspecified atom stereocenters. The molecule has 7 heteroatoms. The van der Waals surface area contributed by atoms with E-state index >= 15 is 0 Å². The first-order chi connectivity index (χ1) is 10.5. The van der Waals surface area contributed by atoms with Crippen molar-refractivity contribution in [3.05, 3.63) is 0 Å². The van der Waals surface area contributed by atoms with Crippen LogP contribution in [-0.2, 0) is 14.4 Å². The number of carbonyl (C=O) groups excluding carboxylic acids is 3. The maximum atomic E-state index is 12.8. The van der Waals surface area contributed by atoms with E-state index in [1.54, 1.807) is 0 Å². The summed E-state index contributed by atoms with van der Waals surface area (Å²) in [5.41, 5.74) is 4.61. The first-order valence-electron chi connectivity index (χ1n) is 8.00. The lowest BCUT2D eigenvalue weighted by molar-refractivity contribution is -0.152. The zero-order valence-electron chi connectivity index (χ0n) is 13.1. The van der Waals surface area contributed by atoms with Crippen molar-refractivity contribution in [2.75, 3.05) is 18.1 Å². The van der Waals surface area contributed by atoms with E-state index in [1.165, 1.54) is 16.7 Å². The van der Waals surface area contributed by atoms with Crippen molar-refractivity contribution in [2.45, 2.75) is 57.0 Å². The quantitative estimate of drug-likeness (QED) is 0.700. The lowest BCUT2D eigenvalue weighted by Gasteiger charge is -2.45. The predicted octanol–water partition coefficient (Wildman–Crippen LogP) is 0.645. The highest BCUT2D eigenvalue weighted by molar-refractivity contribution is 8.00. The molecular weight excluding hydrogens is 302 g/mol. The fourth-order valence-corrected chi connectivity index (χ4v) is 4.37. The van der Waals surface area contributed by atoms with Crippen molar-refractivity contribution in [1.82, 2.24) is 10.2 Å². The second-order valence-corrected chi connectivity index (χ2v) is 7.08. The third kappa shape index (κ3) is 3.24. The molecule has 0 aromatic heterocycles. The van der Waals surface area contributed by atoms with Crippen molar-refractivity contribution in [3.63, 3.8) is 0 Å². The third-order valence-electron chi connectivity index (χ3n) is 4.54. The van der Waals surface area contributed by atoms with Gasteiger partial charge in [0, 0.05) is 12.3 Å². The first-order valence-corrected chi connectivity index (χ1v) is 9.16. The van der Waals surface area contributed by atoms with E-state index in [0.29, 0.717) is 30.9 Å². The van der Waals surface area contributed by atoms with E-state index in [0.717, 1.165) is 25.7 Å². The average molecular weight is 327 g/mol. The Kier molecular flexibility index (Phi) is 5.72. The molecule has 2 rings (SSSR count). The Bertz CT molecular complexity index is 449. The van der Waals surface area contributed by atoms with Crippen molar-refractivity contribution in [1.29, 1.82) is 0 Å². The van der Waals surface area contributed by atoms with E-state index < -0.39 is 17.5 Å². The summed E-state index contributed by atoms with van der Waals surface area (Å²) in [5, 5.41) is 2.95. The third-order valence-corrected chi connectivity index (χ3v) is 5.54. The van der Waals surface area contributed by atoms with Gasteiger partial charge >= 0.3 is 0 Å². The molecule has 2 aliphatic rings. The zero-order valence-corrected chi connectivity index (χ0v) is 13.9. The monoisotopic (exact) mass is 327 g/mol. The normalized spacial score (nSPS) is 24.3. The molecule has 1 saturated carbocycles. The standard InChI is InChI=1S/C15H25N3O3S/c1-2-3-8-17-14(21)15(6-4-5-7-15)18-11(13(16)20)9-22-10-12(18)19/h11H,2-10H2,1H3,(H2,16,20)(H,17,21)/t11-/m0/s1. The Balaban J connectivity index is 2.25. The van der Waals surface area contributed by atoms with Crippen molar-refractivity contribution >= 4 is 29.5 Å². The van der Waals surface area contributed by atoms with Crippen molar-refractivity contribution in [2.24, 2.45) is 5.73 Å². The van der Waals surface area contributed by atoms with Crippen LogP contribution in [0.2, 0.25) is 0 Å². The van der Waals surface area contributed by atoms with Crippen molar-refractivity contribution in [3.8, 4) is 0 Å². The van der Waals surface area contributed by atoms with Gasteiger partial charge in [-0.05, 0) is 19.3 Å². The molecule has 0 spiro atoms. The number of hydrogen-bond donors (Lipinski definition) is 2. The number of unbranched alkanes of at least 4 members (excludes halogenated alkanes) is 1. The van der Waals surface area contributed by atoms with Crippen LogP contribution in [0.3, 0.4) is 0 Å². The summed E-state index contributed by atoms with van der Waals surface area (Å²) in [6.07, 6.45) is 4.92. The van der Waals surface area contributed by atoms with Gasteiger partial charge in [-0.3, -0.25) is 14.4 Å². The zero-order chi connectivity index (χ0) is 16.2. The highest BCUT2D eigenvalue weighted by atomic mass is 32.2. The number of thioether (sulfide) groups is 1. The van der Waals surface area contributed by atoms with E-state index in [-0.39, 0.29) is 11.8 Å². The Morgan fingerprint density at radius 3 is 2.68 bits per heavy atom. The molecule has 1 atom stereocenters. The molecule has 3 N–H and O–H groups in total. The Morgan fingerprint density at radius 2 is 2.09 bits per heavy atom. The summed E-state index contributed by atoms with van der Waals surface area (Å²) < 4.78 is 0. The lowest BCUT2D eigenvalue weighted by atomic mass is 9.91. The van der Waals surface area contributed by atoms with Crippen LogP contribution in [0, 0.1) is 0 Å². The van der Waals surface area contributed by atoms with Gasteiger partial charge in [0.05, 0.1) is 5.75 Å². The van der Waals surface area contributed by atoms with Gasteiger partial charge in [-0.1, -0.05) is 26.2 Å². The van der Waals surface area contributed by atoms with Crippen LogP contribution in [-0.4, -0.2) is 52.3 Å². The van der Waals surface area contributed by atoms with E-state index in [2.05, 4.69) is 12.2 Å². The minimum Gasteiger partial charge on any atom is -0.368 e. The number of nitrogens with zero attached hydrogens (tertiary/aromatic N) is 1. The van der Waals surface area contributed by atoms with E-state index in [1.807, 2.05) is 0 Å². The van der Waals surface area contributed by atoms with Gasteiger partial charge in [0.15, 0.2) is 0 Å². The largest absolute Gasteiger partial charge is 0.368 e. The second kappa shape index (κ2) is 7.35. The summed E-state index contributed by atoms with van der Waals surface area (Å²) in [4.78, 5) is 38.5. The SMILES string of the molecule is CCCCNC(=O)C1(N2C(=O)CSC[C@H]2C(N)=O)CCCC1. The Hall–Kier alpha value is -1.24. The van der Waals surface area contributed by atoms with Gasteiger partial charge < -0.3 is 16.0 Å². The molecule has 1 heterocycles. The minimum absolute atomic E-state index is 0.120.